The largest absolute Gasteiger partial charge is 0.493 e. The Morgan fingerprint density at radius 3 is 2.38 bits per heavy atom. The van der Waals surface area contributed by atoms with Crippen molar-refractivity contribution >= 4 is 28.9 Å². The van der Waals surface area contributed by atoms with Crippen LogP contribution in [-0.2, 0) is 16.0 Å². The average Bonchev–Trinajstić information content (AvgIpc) is 3.34. The predicted octanol–water partition coefficient (Wildman–Crippen LogP) is 6.32. The third kappa shape index (κ3) is 7.37. The van der Waals surface area contributed by atoms with Gasteiger partial charge in [0.15, 0.2) is 11.5 Å². The van der Waals surface area contributed by atoms with Crippen LogP contribution in [-0.4, -0.2) is 52.3 Å². The molecular weight excluding hydrogens is 608 g/mol. The number of rotatable bonds is 11. The van der Waals surface area contributed by atoms with Crippen molar-refractivity contribution in [2.45, 2.75) is 71.4 Å². The molecule has 0 spiro atoms. The molecule has 5 rings (SSSR count). The van der Waals surface area contributed by atoms with Crippen LogP contribution in [0.15, 0.2) is 53.3 Å². The number of amides is 2. The van der Waals surface area contributed by atoms with Crippen molar-refractivity contribution in [3.63, 3.8) is 0 Å². The predicted molar refractivity (Wildman–Crippen MR) is 191 cm³/mol. The summed E-state index contributed by atoms with van der Waals surface area (Å²) in [6.07, 6.45) is 5.45. The third-order valence-corrected chi connectivity index (χ3v) is 9.56. The summed E-state index contributed by atoms with van der Waals surface area (Å²) in [6.45, 7) is 7.51. The smallest absolute Gasteiger partial charge is 0.247 e. The van der Waals surface area contributed by atoms with Gasteiger partial charge in [-0.15, -0.1) is 0 Å². The molecule has 0 aromatic heterocycles. The second-order valence-corrected chi connectivity index (χ2v) is 12.7. The number of carbonyl (C=O) groups is 2. The minimum absolute atomic E-state index is 0.0808. The lowest BCUT2D eigenvalue weighted by molar-refractivity contribution is -0.120. The molecule has 1 fully saturated rings. The second-order valence-electron chi connectivity index (χ2n) is 12.7. The molecule has 1 saturated heterocycles. The zero-order valence-electron chi connectivity index (χ0n) is 28.9. The quantitative estimate of drug-likeness (QED) is 0.220. The van der Waals surface area contributed by atoms with Gasteiger partial charge in [-0.25, -0.2) is 0 Å². The maximum Gasteiger partial charge on any atom is 0.247 e. The molecule has 3 aromatic rings. The molecule has 2 amide bonds. The minimum atomic E-state index is -0.680. The van der Waals surface area contributed by atoms with E-state index in [4.69, 9.17) is 14.2 Å². The molecule has 10 heteroatoms. The molecule has 1 heterocycles. The number of fused-ring (bicyclic) bond motifs is 3. The maximum atomic E-state index is 14.0. The first-order chi connectivity index (χ1) is 23.2. The van der Waals surface area contributed by atoms with Gasteiger partial charge in [0.05, 0.1) is 33.1 Å². The Morgan fingerprint density at radius 1 is 0.958 bits per heavy atom. The topological polar surface area (TPSA) is 118 Å². The molecule has 3 N–H and O–H groups in total. The summed E-state index contributed by atoms with van der Waals surface area (Å²) in [4.78, 5) is 42.5. The maximum absolute atomic E-state index is 14.0. The molecule has 3 atom stereocenters. The number of hydrogen-bond acceptors (Lipinski definition) is 8. The lowest BCUT2D eigenvalue weighted by Gasteiger charge is -2.29. The summed E-state index contributed by atoms with van der Waals surface area (Å²) in [6, 6.07) is 13.9. The highest BCUT2D eigenvalue weighted by molar-refractivity contribution is 5.97. The molecule has 3 aromatic carbocycles. The fourth-order valence-electron chi connectivity index (χ4n) is 6.85. The van der Waals surface area contributed by atoms with Gasteiger partial charge in [-0.1, -0.05) is 32.4 Å². The number of carbonyl (C=O) groups excluding carboxylic acids is 2. The summed E-state index contributed by atoms with van der Waals surface area (Å²) in [5, 5.41) is 9.45. The number of nitrogens with one attached hydrogen (secondary N) is 3. The molecule has 10 nitrogen and oxygen atoms in total. The number of methoxy groups -OCH3 is 3. The van der Waals surface area contributed by atoms with Crippen LogP contribution in [0.2, 0.25) is 0 Å². The van der Waals surface area contributed by atoms with Crippen molar-refractivity contribution in [1.82, 2.24) is 5.32 Å². The summed E-state index contributed by atoms with van der Waals surface area (Å²) in [5.74, 6) is 0.953. The van der Waals surface area contributed by atoms with Gasteiger partial charge >= 0.3 is 0 Å². The van der Waals surface area contributed by atoms with Gasteiger partial charge in [0.1, 0.15) is 6.04 Å². The molecule has 1 aliphatic heterocycles. The number of nitrogens with zero attached hydrogens (tertiary/aromatic N) is 1. The van der Waals surface area contributed by atoms with Gasteiger partial charge in [-0.2, -0.15) is 0 Å². The van der Waals surface area contributed by atoms with Crippen LogP contribution in [0.4, 0.5) is 17.1 Å². The first-order valence-corrected chi connectivity index (χ1v) is 16.9. The van der Waals surface area contributed by atoms with Crippen molar-refractivity contribution in [2.75, 3.05) is 50.0 Å². The molecular formula is C38H48N4O6. The van der Waals surface area contributed by atoms with E-state index in [1.54, 1.807) is 33.5 Å². The van der Waals surface area contributed by atoms with Crippen LogP contribution in [0.5, 0.6) is 17.2 Å². The Balaban J connectivity index is 1.54. The van der Waals surface area contributed by atoms with Gasteiger partial charge in [-0.3, -0.25) is 14.4 Å². The average molecular weight is 657 g/mol. The molecule has 0 saturated carbocycles. The van der Waals surface area contributed by atoms with Crippen LogP contribution in [0.1, 0.15) is 70.0 Å². The molecule has 2 aliphatic rings. The van der Waals surface area contributed by atoms with E-state index >= 15 is 0 Å². The second kappa shape index (κ2) is 15.4. The van der Waals surface area contributed by atoms with Gasteiger partial charge in [0.2, 0.25) is 23.0 Å². The highest BCUT2D eigenvalue weighted by Gasteiger charge is 2.30. The van der Waals surface area contributed by atoms with Crippen molar-refractivity contribution in [3.8, 4) is 28.4 Å². The number of ether oxygens (including phenoxy) is 3. The fourth-order valence-corrected chi connectivity index (χ4v) is 6.85. The van der Waals surface area contributed by atoms with Gasteiger partial charge in [0, 0.05) is 37.0 Å². The number of aryl methyl sites for hydroxylation is 1. The molecule has 0 bridgehead atoms. The normalized spacial score (nSPS) is 16.7. The molecule has 1 aliphatic carbocycles. The highest BCUT2D eigenvalue weighted by Crippen LogP contribution is 2.50. The molecule has 256 valence electrons. The lowest BCUT2D eigenvalue weighted by Crippen LogP contribution is -2.40. The van der Waals surface area contributed by atoms with Crippen molar-refractivity contribution in [1.29, 1.82) is 0 Å². The zero-order valence-corrected chi connectivity index (χ0v) is 28.9. The molecule has 3 unspecified atom stereocenters. The summed E-state index contributed by atoms with van der Waals surface area (Å²) >= 11 is 0. The Labute approximate surface area is 283 Å². The SMILES string of the molecule is CCC(C)C(Nc1ccc2c(cc1=O)C(NC(C)=O)CCc1cc(OC)c(OC)c(OC)c1-2)C(=O)Nc1cccc(N2CCCCC2)c1. The number of piperidine rings is 1. The fraction of sp³-hybridized carbons (Fsp3) is 0.447. The van der Waals surface area contributed by atoms with E-state index < -0.39 is 12.1 Å². The van der Waals surface area contributed by atoms with E-state index in [0.717, 1.165) is 60.4 Å². The Morgan fingerprint density at radius 2 is 1.71 bits per heavy atom. The number of anilines is 3. The summed E-state index contributed by atoms with van der Waals surface area (Å²) in [7, 11) is 4.70. The van der Waals surface area contributed by atoms with Crippen molar-refractivity contribution < 1.29 is 23.8 Å². The van der Waals surface area contributed by atoms with Crippen molar-refractivity contribution in [2.24, 2.45) is 5.92 Å². The van der Waals surface area contributed by atoms with Gasteiger partial charge in [0.25, 0.3) is 0 Å². The van der Waals surface area contributed by atoms with Gasteiger partial charge < -0.3 is 35.1 Å². The highest BCUT2D eigenvalue weighted by atomic mass is 16.5. The van der Waals surface area contributed by atoms with Gasteiger partial charge in [-0.05, 0) is 91.1 Å². The number of hydrogen-bond donors (Lipinski definition) is 3. The van der Waals surface area contributed by atoms with E-state index in [1.807, 2.05) is 44.2 Å². The Kier molecular flexibility index (Phi) is 11.1. The Hall–Kier alpha value is -4.73. The monoisotopic (exact) mass is 656 g/mol. The first kappa shape index (κ1) is 34.6. The summed E-state index contributed by atoms with van der Waals surface area (Å²) in [5.41, 5.74) is 4.90. The van der Waals surface area contributed by atoms with Crippen LogP contribution in [0.3, 0.4) is 0 Å². The third-order valence-electron chi connectivity index (χ3n) is 9.56. The van der Waals surface area contributed by atoms with Crippen LogP contribution >= 0.6 is 0 Å². The van der Waals surface area contributed by atoms with Crippen LogP contribution < -0.4 is 40.5 Å². The minimum Gasteiger partial charge on any atom is -0.493 e. The van der Waals surface area contributed by atoms with E-state index in [0.29, 0.717) is 35.7 Å². The number of benzene rings is 2. The van der Waals surface area contributed by atoms with Crippen LogP contribution in [0.25, 0.3) is 11.1 Å². The standard InChI is InChI=1S/C38H48N4O6/c1-7-23(2)35(38(45)40-26-12-11-13-27(21-26)42-18-9-8-10-19-42)41-31-17-15-28-29(22-32(31)44)30(39-24(3)43)16-14-25-20-33(46-4)36(47-5)37(48-6)34(25)28/h11-13,15,17,20-23,30,35H,7-10,14,16,18-19H2,1-6H3,(H,39,43)(H,40,45)(H,41,44). The Bertz CT molecular complexity index is 1700. The lowest BCUT2D eigenvalue weighted by atomic mass is 9.95. The van der Waals surface area contributed by atoms with E-state index in [1.165, 1.54) is 13.3 Å². The summed E-state index contributed by atoms with van der Waals surface area (Å²) < 4.78 is 17.2. The van der Waals surface area contributed by atoms with Crippen LogP contribution in [0, 0.1) is 5.92 Å². The van der Waals surface area contributed by atoms with E-state index in [2.05, 4.69) is 26.9 Å². The van der Waals surface area contributed by atoms with Crippen molar-refractivity contribution in [3.05, 3.63) is 69.9 Å². The molecule has 0 radical (unpaired) electrons. The van der Waals surface area contributed by atoms with E-state index in [-0.39, 0.29) is 28.8 Å². The first-order valence-electron chi connectivity index (χ1n) is 16.9. The zero-order chi connectivity index (χ0) is 34.4. The molecule has 48 heavy (non-hydrogen) atoms. The van der Waals surface area contributed by atoms with E-state index in [9.17, 15) is 14.4 Å².